The average molecular weight is 334 g/mol. The first kappa shape index (κ1) is 15.4. The number of hydrogen-bond acceptors (Lipinski definition) is 3. The van der Waals surface area contributed by atoms with Crippen molar-refractivity contribution in [1.29, 1.82) is 0 Å². The van der Waals surface area contributed by atoms with Gasteiger partial charge in [-0.2, -0.15) is 0 Å². The van der Waals surface area contributed by atoms with E-state index in [-0.39, 0.29) is 17.5 Å². The molecule has 1 aliphatic rings. The fourth-order valence-corrected chi connectivity index (χ4v) is 3.40. The van der Waals surface area contributed by atoms with Crippen molar-refractivity contribution >= 4 is 5.91 Å². The van der Waals surface area contributed by atoms with Crippen LogP contribution >= 0.6 is 0 Å². The maximum atomic E-state index is 12.9. The van der Waals surface area contributed by atoms with E-state index < -0.39 is 5.56 Å². The maximum absolute atomic E-state index is 12.9. The van der Waals surface area contributed by atoms with Crippen molar-refractivity contribution in [1.82, 2.24) is 9.88 Å². The second kappa shape index (κ2) is 6.43. The molecule has 4 rings (SSSR count). The third kappa shape index (κ3) is 2.89. The number of nitrogens with one attached hydrogen (secondary N) is 1. The van der Waals surface area contributed by atoms with E-state index in [1.165, 1.54) is 0 Å². The molecule has 0 aliphatic carbocycles. The summed E-state index contributed by atoms with van der Waals surface area (Å²) in [5, 5.41) is 0. The summed E-state index contributed by atoms with van der Waals surface area (Å²) in [5.74, 6) is 0.345. The minimum Gasteiger partial charge on any atom is -0.463 e. The highest BCUT2D eigenvalue weighted by atomic mass is 16.3. The molecule has 1 N–H and O–H groups in total. The summed E-state index contributed by atoms with van der Waals surface area (Å²) in [6.07, 6.45) is 3.40. The van der Waals surface area contributed by atoms with Crippen molar-refractivity contribution in [2.45, 2.75) is 18.9 Å². The van der Waals surface area contributed by atoms with Gasteiger partial charge in [-0.15, -0.1) is 0 Å². The topological polar surface area (TPSA) is 66.3 Å². The molecular formula is C20H18N2O3. The Labute approximate surface area is 144 Å². The molecule has 126 valence electrons. The standard InChI is InChI=1S/C20H18N2O3/c23-19-15(10-11-16(21-19)18-9-5-13-25-18)20(24)22-12-4-8-17(22)14-6-2-1-3-7-14/h1-3,5-7,9-11,13,17H,4,8,12H2,(H,21,23)/t17-/m0/s1. The number of rotatable bonds is 3. The number of nitrogens with zero attached hydrogens (tertiary/aromatic N) is 1. The van der Waals surface area contributed by atoms with Gasteiger partial charge in [0.2, 0.25) is 0 Å². The van der Waals surface area contributed by atoms with Crippen LogP contribution in [0.3, 0.4) is 0 Å². The molecule has 1 fully saturated rings. The maximum Gasteiger partial charge on any atom is 0.261 e. The normalized spacial score (nSPS) is 17.0. The Kier molecular flexibility index (Phi) is 3.98. The van der Waals surface area contributed by atoms with Crippen LogP contribution in [-0.4, -0.2) is 22.3 Å². The summed E-state index contributed by atoms with van der Waals surface area (Å²) >= 11 is 0. The Bertz CT molecular complexity index is 929. The predicted octanol–water partition coefficient (Wildman–Crippen LogP) is 3.61. The Morgan fingerprint density at radius 2 is 1.92 bits per heavy atom. The fraction of sp³-hybridized carbons (Fsp3) is 0.200. The van der Waals surface area contributed by atoms with Crippen LogP contribution in [0.2, 0.25) is 0 Å². The Hall–Kier alpha value is -3.08. The number of H-pyrrole nitrogens is 1. The van der Waals surface area contributed by atoms with Crippen LogP contribution in [0.4, 0.5) is 0 Å². The van der Waals surface area contributed by atoms with Crippen molar-refractivity contribution in [2.24, 2.45) is 0 Å². The minimum atomic E-state index is -0.391. The van der Waals surface area contributed by atoms with Gasteiger partial charge in [0.25, 0.3) is 11.5 Å². The van der Waals surface area contributed by atoms with E-state index in [9.17, 15) is 9.59 Å². The van der Waals surface area contributed by atoms with E-state index in [2.05, 4.69) is 4.98 Å². The molecule has 5 heteroatoms. The molecule has 0 spiro atoms. The monoisotopic (exact) mass is 334 g/mol. The van der Waals surface area contributed by atoms with Gasteiger partial charge in [-0.3, -0.25) is 9.59 Å². The molecule has 1 aromatic carbocycles. The van der Waals surface area contributed by atoms with Gasteiger partial charge >= 0.3 is 0 Å². The quantitative estimate of drug-likeness (QED) is 0.795. The van der Waals surface area contributed by atoms with Gasteiger partial charge in [-0.1, -0.05) is 30.3 Å². The third-order valence-corrected chi connectivity index (χ3v) is 4.62. The molecule has 1 atom stereocenters. The molecule has 5 nitrogen and oxygen atoms in total. The number of carbonyl (C=O) groups excluding carboxylic acids is 1. The van der Waals surface area contributed by atoms with Crippen molar-refractivity contribution < 1.29 is 9.21 Å². The van der Waals surface area contributed by atoms with Crippen LogP contribution in [0.25, 0.3) is 11.5 Å². The number of pyridine rings is 1. The third-order valence-electron chi connectivity index (χ3n) is 4.62. The Balaban J connectivity index is 1.63. The summed E-state index contributed by atoms with van der Waals surface area (Å²) in [4.78, 5) is 29.9. The smallest absolute Gasteiger partial charge is 0.261 e. The van der Waals surface area contributed by atoms with Gasteiger partial charge in [-0.05, 0) is 42.7 Å². The van der Waals surface area contributed by atoms with E-state index >= 15 is 0 Å². The fourth-order valence-electron chi connectivity index (χ4n) is 3.40. The average Bonchev–Trinajstić information content (AvgIpc) is 3.33. The van der Waals surface area contributed by atoms with Gasteiger partial charge in [0, 0.05) is 6.54 Å². The summed E-state index contributed by atoms with van der Waals surface area (Å²) in [6.45, 7) is 0.664. The predicted molar refractivity (Wildman–Crippen MR) is 94.2 cm³/mol. The number of carbonyl (C=O) groups is 1. The Morgan fingerprint density at radius 3 is 2.64 bits per heavy atom. The zero-order valence-corrected chi connectivity index (χ0v) is 13.6. The lowest BCUT2D eigenvalue weighted by atomic mass is 10.0. The van der Waals surface area contributed by atoms with E-state index in [0.717, 1.165) is 18.4 Å². The number of benzene rings is 1. The lowest BCUT2D eigenvalue weighted by Crippen LogP contribution is -2.34. The summed E-state index contributed by atoms with van der Waals surface area (Å²) in [7, 11) is 0. The number of aromatic nitrogens is 1. The van der Waals surface area contributed by atoms with Crippen molar-refractivity contribution in [3.8, 4) is 11.5 Å². The van der Waals surface area contributed by atoms with Crippen LogP contribution in [0, 0.1) is 0 Å². The summed E-state index contributed by atoms with van der Waals surface area (Å²) in [6, 6.07) is 16.8. The van der Waals surface area contributed by atoms with Gasteiger partial charge in [0.15, 0.2) is 0 Å². The minimum absolute atomic E-state index is 0.0258. The van der Waals surface area contributed by atoms with Gasteiger partial charge < -0.3 is 14.3 Å². The molecule has 1 aliphatic heterocycles. The van der Waals surface area contributed by atoms with Crippen LogP contribution in [-0.2, 0) is 0 Å². The highest BCUT2D eigenvalue weighted by Gasteiger charge is 2.31. The first-order chi connectivity index (χ1) is 12.2. The molecule has 0 radical (unpaired) electrons. The van der Waals surface area contributed by atoms with Crippen LogP contribution in [0.5, 0.6) is 0 Å². The van der Waals surface area contributed by atoms with Crippen molar-refractivity contribution in [3.05, 3.63) is 82.3 Å². The second-order valence-electron chi connectivity index (χ2n) is 6.16. The number of likely N-dealkylation sites (tertiary alicyclic amines) is 1. The van der Waals surface area contributed by atoms with E-state index in [1.54, 1.807) is 35.4 Å². The molecule has 25 heavy (non-hydrogen) atoms. The van der Waals surface area contributed by atoms with Gasteiger partial charge in [0.05, 0.1) is 18.0 Å². The molecule has 1 amide bonds. The van der Waals surface area contributed by atoms with Gasteiger partial charge in [-0.25, -0.2) is 0 Å². The highest BCUT2D eigenvalue weighted by molar-refractivity contribution is 5.94. The zero-order valence-electron chi connectivity index (χ0n) is 13.6. The Morgan fingerprint density at radius 1 is 1.08 bits per heavy atom. The molecule has 0 bridgehead atoms. The zero-order chi connectivity index (χ0) is 17.2. The summed E-state index contributed by atoms with van der Waals surface area (Å²) in [5.41, 5.74) is 1.44. The number of amides is 1. The van der Waals surface area contributed by atoms with E-state index in [1.807, 2.05) is 30.3 Å². The first-order valence-corrected chi connectivity index (χ1v) is 8.37. The lowest BCUT2D eigenvalue weighted by molar-refractivity contribution is 0.0734. The van der Waals surface area contributed by atoms with Crippen molar-refractivity contribution in [2.75, 3.05) is 6.54 Å². The van der Waals surface area contributed by atoms with Crippen molar-refractivity contribution in [3.63, 3.8) is 0 Å². The number of hydrogen-bond donors (Lipinski definition) is 1. The van der Waals surface area contributed by atoms with Crippen LogP contribution in [0.15, 0.2) is 70.1 Å². The molecular weight excluding hydrogens is 316 g/mol. The number of furan rings is 1. The molecule has 1 saturated heterocycles. The highest BCUT2D eigenvalue weighted by Crippen LogP contribution is 2.32. The van der Waals surface area contributed by atoms with E-state index in [0.29, 0.717) is 18.0 Å². The molecule has 3 heterocycles. The summed E-state index contributed by atoms with van der Waals surface area (Å²) < 4.78 is 5.28. The molecule has 0 unspecified atom stereocenters. The van der Waals surface area contributed by atoms with Crippen LogP contribution < -0.4 is 5.56 Å². The first-order valence-electron chi connectivity index (χ1n) is 8.37. The largest absolute Gasteiger partial charge is 0.463 e. The van der Waals surface area contributed by atoms with Crippen LogP contribution in [0.1, 0.15) is 34.8 Å². The molecule has 3 aromatic rings. The lowest BCUT2D eigenvalue weighted by Gasteiger charge is -2.25. The second-order valence-corrected chi connectivity index (χ2v) is 6.16. The number of aromatic amines is 1. The van der Waals surface area contributed by atoms with E-state index in [4.69, 9.17) is 4.42 Å². The SMILES string of the molecule is O=C(c1ccc(-c2ccco2)[nH]c1=O)N1CCC[C@H]1c1ccccc1. The van der Waals surface area contributed by atoms with Gasteiger partial charge in [0.1, 0.15) is 11.3 Å². The molecule has 2 aromatic heterocycles. The molecule has 0 saturated carbocycles.